The SMILES string of the molecule is Cc1ccc(N2CCN(CC(=O)Nc3sc4c(c3C#N)CCCCC4)CC2C)cc1. The summed E-state index contributed by atoms with van der Waals surface area (Å²) >= 11 is 1.61. The van der Waals surface area contributed by atoms with Gasteiger partial charge in [0.25, 0.3) is 0 Å². The Kier molecular flexibility index (Phi) is 6.40. The first-order valence-electron chi connectivity index (χ1n) is 11.0. The summed E-state index contributed by atoms with van der Waals surface area (Å²) in [6.07, 6.45) is 5.52. The van der Waals surface area contributed by atoms with E-state index in [0.717, 1.165) is 43.9 Å². The second kappa shape index (κ2) is 9.20. The predicted molar refractivity (Wildman–Crippen MR) is 123 cm³/mol. The molecule has 158 valence electrons. The van der Waals surface area contributed by atoms with Crippen LogP contribution in [0.1, 0.15) is 47.8 Å². The van der Waals surface area contributed by atoms with Gasteiger partial charge in [-0.3, -0.25) is 9.69 Å². The molecule has 1 aliphatic carbocycles. The highest BCUT2D eigenvalue weighted by Crippen LogP contribution is 2.37. The van der Waals surface area contributed by atoms with Gasteiger partial charge in [-0.2, -0.15) is 5.26 Å². The Balaban J connectivity index is 1.36. The first-order chi connectivity index (χ1) is 14.5. The summed E-state index contributed by atoms with van der Waals surface area (Å²) in [5, 5.41) is 13.5. The Bertz CT molecular complexity index is 943. The van der Waals surface area contributed by atoms with Crippen molar-refractivity contribution in [1.82, 2.24) is 4.90 Å². The lowest BCUT2D eigenvalue weighted by Crippen LogP contribution is -2.53. The Labute approximate surface area is 183 Å². The highest BCUT2D eigenvalue weighted by Gasteiger charge is 2.26. The van der Waals surface area contributed by atoms with Gasteiger partial charge in [-0.15, -0.1) is 11.3 Å². The summed E-state index contributed by atoms with van der Waals surface area (Å²) in [4.78, 5) is 18.7. The smallest absolute Gasteiger partial charge is 0.239 e. The molecule has 1 N–H and O–H groups in total. The van der Waals surface area contributed by atoms with E-state index in [2.05, 4.69) is 59.3 Å². The largest absolute Gasteiger partial charge is 0.366 e. The van der Waals surface area contributed by atoms with Crippen LogP contribution in [0.25, 0.3) is 0 Å². The van der Waals surface area contributed by atoms with Crippen LogP contribution in [0.2, 0.25) is 0 Å². The third-order valence-corrected chi connectivity index (χ3v) is 7.44. The molecule has 1 aromatic heterocycles. The monoisotopic (exact) mass is 422 g/mol. The lowest BCUT2D eigenvalue weighted by molar-refractivity contribution is -0.117. The molecule has 1 atom stereocenters. The van der Waals surface area contributed by atoms with Crippen LogP contribution in [0.4, 0.5) is 10.7 Å². The number of nitrogens with one attached hydrogen (secondary N) is 1. The molecular formula is C24H30N4OS. The van der Waals surface area contributed by atoms with Crippen molar-refractivity contribution in [2.24, 2.45) is 0 Å². The summed E-state index contributed by atoms with van der Waals surface area (Å²) in [6.45, 7) is 7.32. The fourth-order valence-corrected chi connectivity index (χ4v) is 5.87. The zero-order valence-electron chi connectivity index (χ0n) is 17.9. The molecular weight excluding hydrogens is 392 g/mol. The number of nitriles is 1. The van der Waals surface area contributed by atoms with Crippen LogP contribution >= 0.6 is 11.3 Å². The third kappa shape index (κ3) is 4.53. The van der Waals surface area contributed by atoms with E-state index in [-0.39, 0.29) is 5.91 Å². The number of thiophene rings is 1. The van der Waals surface area contributed by atoms with E-state index in [1.165, 1.54) is 34.5 Å². The minimum Gasteiger partial charge on any atom is -0.366 e. The number of rotatable bonds is 4. The zero-order valence-corrected chi connectivity index (χ0v) is 18.7. The van der Waals surface area contributed by atoms with E-state index >= 15 is 0 Å². The molecule has 1 amide bonds. The van der Waals surface area contributed by atoms with Crippen LogP contribution < -0.4 is 10.2 Å². The molecule has 6 heteroatoms. The van der Waals surface area contributed by atoms with Gasteiger partial charge >= 0.3 is 0 Å². The minimum atomic E-state index is -0.0149. The number of hydrogen-bond acceptors (Lipinski definition) is 5. The molecule has 2 aromatic rings. The number of hydrogen-bond donors (Lipinski definition) is 1. The van der Waals surface area contributed by atoms with Gasteiger partial charge in [-0.05, 0) is 57.2 Å². The number of carbonyl (C=O) groups excluding carboxylic acids is 1. The lowest BCUT2D eigenvalue weighted by atomic mass is 10.1. The van der Waals surface area contributed by atoms with Crippen molar-refractivity contribution in [3.8, 4) is 6.07 Å². The van der Waals surface area contributed by atoms with E-state index in [0.29, 0.717) is 18.2 Å². The molecule has 1 saturated heterocycles. The molecule has 1 aliphatic heterocycles. The van der Waals surface area contributed by atoms with Gasteiger partial charge in [0, 0.05) is 36.2 Å². The molecule has 1 fully saturated rings. The molecule has 30 heavy (non-hydrogen) atoms. The topological polar surface area (TPSA) is 59.4 Å². The molecule has 0 bridgehead atoms. The summed E-state index contributed by atoms with van der Waals surface area (Å²) in [5.41, 5.74) is 4.39. The average molecular weight is 423 g/mol. The molecule has 0 radical (unpaired) electrons. The van der Waals surface area contributed by atoms with Gasteiger partial charge in [0.05, 0.1) is 12.1 Å². The summed E-state index contributed by atoms with van der Waals surface area (Å²) in [5.74, 6) is -0.0149. The van der Waals surface area contributed by atoms with Crippen LogP contribution in [-0.2, 0) is 17.6 Å². The number of carbonyl (C=O) groups is 1. The lowest BCUT2D eigenvalue weighted by Gasteiger charge is -2.41. The van der Waals surface area contributed by atoms with Gasteiger partial charge < -0.3 is 10.2 Å². The maximum Gasteiger partial charge on any atom is 0.239 e. The number of amides is 1. The van der Waals surface area contributed by atoms with Crippen LogP contribution in [0.5, 0.6) is 0 Å². The second-order valence-corrected chi connectivity index (χ2v) is 9.65. The van der Waals surface area contributed by atoms with Crippen molar-refractivity contribution in [2.75, 3.05) is 36.4 Å². The molecule has 1 aromatic carbocycles. The predicted octanol–water partition coefficient (Wildman–Crippen LogP) is 4.35. The van der Waals surface area contributed by atoms with E-state index in [1.54, 1.807) is 11.3 Å². The van der Waals surface area contributed by atoms with Crippen molar-refractivity contribution in [3.63, 3.8) is 0 Å². The van der Waals surface area contributed by atoms with Crippen LogP contribution in [0.3, 0.4) is 0 Å². The fraction of sp³-hybridized carbons (Fsp3) is 0.500. The van der Waals surface area contributed by atoms with Crippen LogP contribution in [-0.4, -0.2) is 43.0 Å². The molecule has 4 rings (SSSR count). The first-order valence-corrected chi connectivity index (χ1v) is 11.8. The molecule has 0 spiro atoms. The van der Waals surface area contributed by atoms with Crippen molar-refractivity contribution >= 4 is 27.9 Å². The molecule has 5 nitrogen and oxygen atoms in total. The zero-order chi connectivity index (χ0) is 21.1. The highest BCUT2D eigenvalue weighted by molar-refractivity contribution is 7.16. The number of piperazine rings is 1. The van der Waals surface area contributed by atoms with E-state index < -0.39 is 0 Å². The van der Waals surface area contributed by atoms with Gasteiger partial charge in [-0.1, -0.05) is 24.1 Å². The van der Waals surface area contributed by atoms with Crippen molar-refractivity contribution < 1.29 is 4.79 Å². The van der Waals surface area contributed by atoms with Gasteiger partial charge in [0.2, 0.25) is 5.91 Å². The quantitative estimate of drug-likeness (QED) is 0.745. The first kappa shape index (κ1) is 20.9. The number of benzene rings is 1. The van der Waals surface area contributed by atoms with E-state index in [4.69, 9.17) is 0 Å². The molecule has 0 saturated carbocycles. The number of anilines is 2. The fourth-order valence-electron chi connectivity index (χ4n) is 4.61. The normalized spacial score (nSPS) is 19.6. The Morgan fingerprint density at radius 2 is 1.97 bits per heavy atom. The average Bonchev–Trinajstić information content (AvgIpc) is 2.88. The van der Waals surface area contributed by atoms with Gasteiger partial charge in [0.15, 0.2) is 0 Å². The Morgan fingerprint density at radius 1 is 1.20 bits per heavy atom. The minimum absolute atomic E-state index is 0.0149. The molecule has 2 heterocycles. The maximum atomic E-state index is 12.8. The summed E-state index contributed by atoms with van der Waals surface area (Å²) in [7, 11) is 0. The van der Waals surface area contributed by atoms with Gasteiger partial charge in [-0.25, -0.2) is 0 Å². The summed E-state index contributed by atoms with van der Waals surface area (Å²) < 4.78 is 0. The highest BCUT2D eigenvalue weighted by atomic mass is 32.1. The van der Waals surface area contributed by atoms with Crippen LogP contribution in [0, 0.1) is 18.3 Å². The molecule has 1 unspecified atom stereocenters. The van der Waals surface area contributed by atoms with E-state index in [9.17, 15) is 10.1 Å². The number of fused-ring (bicyclic) bond motifs is 1. The van der Waals surface area contributed by atoms with E-state index in [1.807, 2.05) is 0 Å². The number of aryl methyl sites for hydroxylation is 2. The Morgan fingerprint density at radius 3 is 2.70 bits per heavy atom. The number of nitrogens with zero attached hydrogens (tertiary/aromatic N) is 3. The standard InChI is InChI=1S/C24H30N4OS/c1-17-8-10-19(11-9-17)28-13-12-27(15-18(28)2)16-23(29)26-24-21(14-25)20-6-4-3-5-7-22(20)30-24/h8-11,18H,3-7,12-13,15-16H2,1-2H3,(H,26,29). The van der Waals surface area contributed by atoms with Crippen molar-refractivity contribution in [2.45, 2.75) is 52.0 Å². The van der Waals surface area contributed by atoms with Crippen molar-refractivity contribution in [1.29, 1.82) is 5.26 Å². The van der Waals surface area contributed by atoms with Gasteiger partial charge in [0.1, 0.15) is 11.1 Å². The van der Waals surface area contributed by atoms with Crippen LogP contribution in [0.15, 0.2) is 24.3 Å². The maximum absolute atomic E-state index is 12.8. The summed E-state index contributed by atoms with van der Waals surface area (Å²) in [6, 6.07) is 11.4. The molecule has 2 aliphatic rings. The third-order valence-electron chi connectivity index (χ3n) is 6.23. The van der Waals surface area contributed by atoms with Crippen molar-refractivity contribution in [3.05, 3.63) is 45.8 Å². The Hall–Kier alpha value is -2.36. The second-order valence-electron chi connectivity index (χ2n) is 8.54.